The number of ether oxygens (including phenoxy) is 2. The highest BCUT2D eigenvalue weighted by Crippen LogP contribution is 2.35. The number of alkyl halides is 1. The maximum atomic E-state index is 5.29. The van der Waals surface area contributed by atoms with Gasteiger partial charge in [0.15, 0.2) is 11.5 Å². The number of unbranched alkanes of at least 4 members (excludes halogenated alkanes) is 1. The molecular formula is C13H19BrO2. The second-order valence-corrected chi connectivity index (χ2v) is 4.83. The van der Waals surface area contributed by atoms with Gasteiger partial charge in [0.1, 0.15) is 0 Å². The lowest BCUT2D eigenvalue weighted by Gasteiger charge is -2.13. The first kappa shape index (κ1) is 13.4. The van der Waals surface area contributed by atoms with Crippen LogP contribution in [0.25, 0.3) is 0 Å². The molecule has 0 bridgehead atoms. The average Bonchev–Trinajstić information content (AvgIpc) is 2.34. The van der Waals surface area contributed by atoms with Gasteiger partial charge in [-0.3, -0.25) is 0 Å². The van der Waals surface area contributed by atoms with Crippen molar-refractivity contribution >= 4 is 15.9 Å². The minimum absolute atomic E-state index is 0.396. The maximum Gasteiger partial charge on any atom is 0.161 e. The molecule has 0 saturated carbocycles. The lowest BCUT2D eigenvalue weighted by Crippen LogP contribution is -1.94. The molecule has 0 aromatic heterocycles. The van der Waals surface area contributed by atoms with E-state index >= 15 is 0 Å². The van der Waals surface area contributed by atoms with Crippen molar-refractivity contribution in [1.29, 1.82) is 0 Å². The van der Waals surface area contributed by atoms with Gasteiger partial charge >= 0.3 is 0 Å². The van der Waals surface area contributed by atoms with Crippen LogP contribution in [-0.2, 0) is 0 Å². The van der Waals surface area contributed by atoms with Crippen LogP contribution in [0.3, 0.4) is 0 Å². The van der Waals surface area contributed by atoms with E-state index in [1.54, 1.807) is 14.2 Å². The van der Waals surface area contributed by atoms with Crippen molar-refractivity contribution in [1.82, 2.24) is 0 Å². The standard InChI is InChI=1S/C13H19BrO2/c1-4-5-6-11(14)10-7-8-12(15-2)13(9-10)16-3/h7-9,11H,4-6H2,1-3H3. The average molecular weight is 287 g/mol. The predicted molar refractivity (Wildman–Crippen MR) is 70.7 cm³/mol. The molecule has 0 aliphatic heterocycles. The van der Waals surface area contributed by atoms with Crippen molar-refractivity contribution in [3.8, 4) is 11.5 Å². The van der Waals surface area contributed by atoms with E-state index in [0.29, 0.717) is 4.83 Å². The summed E-state index contributed by atoms with van der Waals surface area (Å²) in [5.74, 6) is 1.57. The fraction of sp³-hybridized carbons (Fsp3) is 0.538. The minimum Gasteiger partial charge on any atom is -0.493 e. The number of benzene rings is 1. The summed E-state index contributed by atoms with van der Waals surface area (Å²) in [6.45, 7) is 2.20. The van der Waals surface area contributed by atoms with Crippen molar-refractivity contribution in [2.24, 2.45) is 0 Å². The summed E-state index contributed by atoms with van der Waals surface area (Å²) in [4.78, 5) is 0.396. The van der Waals surface area contributed by atoms with Crippen molar-refractivity contribution in [2.75, 3.05) is 14.2 Å². The van der Waals surface area contributed by atoms with Crippen LogP contribution in [0, 0.1) is 0 Å². The Morgan fingerprint density at radius 3 is 2.44 bits per heavy atom. The van der Waals surface area contributed by atoms with E-state index in [1.165, 1.54) is 18.4 Å². The third-order valence-corrected chi connectivity index (χ3v) is 3.57. The van der Waals surface area contributed by atoms with Gasteiger partial charge in [-0.25, -0.2) is 0 Å². The molecule has 1 unspecified atom stereocenters. The second-order valence-electron chi connectivity index (χ2n) is 3.72. The molecule has 0 fully saturated rings. The minimum atomic E-state index is 0.396. The summed E-state index contributed by atoms with van der Waals surface area (Å²) in [5, 5.41) is 0. The van der Waals surface area contributed by atoms with Gasteiger partial charge in [-0.2, -0.15) is 0 Å². The first-order chi connectivity index (χ1) is 7.72. The van der Waals surface area contributed by atoms with Crippen molar-refractivity contribution < 1.29 is 9.47 Å². The number of methoxy groups -OCH3 is 2. The molecule has 0 amide bonds. The number of rotatable bonds is 6. The van der Waals surface area contributed by atoms with Gasteiger partial charge in [0.05, 0.1) is 14.2 Å². The molecule has 0 saturated heterocycles. The molecule has 0 aliphatic carbocycles. The molecular weight excluding hydrogens is 268 g/mol. The molecule has 2 nitrogen and oxygen atoms in total. The van der Waals surface area contributed by atoms with Crippen molar-refractivity contribution in [3.63, 3.8) is 0 Å². The number of hydrogen-bond donors (Lipinski definition) is 0. The zero-order chi connectivity index (χ0) is 12.0. The predicted octanol–water partition coefficient (Wildman–Crippen LogP) is 4.33. The largest absolute Gasteiger partial charge is 0.493 e. The van der Waals surface area contributed by atoms with Gasteiger partial charge in [-0.1, -0.05) is 41.8 Å². The van der Waals surface area contributed by atoms with Gasteiger partial charge in [-0.15, -0.1) is 0 Å². The first-order valence-electron chi connectivity index (χ1n) is 5.59. The zero-order valence-corrected chi connectivity index (χ0v) is 11.7. The van der Waals surface area contributed by atoms with Crippen LogP contribution in [0.1, 0.15) is 36.6 Å². The molecule has 1 rings (SSSR count). The third-order valence-electron chi connectivity index (χ3n) is 2.58. The van der Waals surface area contributed by atoms with E-state index in [2.05, 4.69) is 28.9 Å². The Labute approximate surface area is 106 Å². The smallest absolute Gasteiger partial charge is 0.161 e. The zero-order valence-electron chi connectivity index (χ0n) is 10.1. The monoisotopic (exact) mass is 286 g/mol. The van der Waals surface area contributed by atoms with E-state index in [-0.39, 0.29) is 0 Å². The lowest BCUT2D eigenvalue weighted by atomic mass is 10.1. The fourth-order valence-corrected chi connectivity index (χ4v) is 2.21. The van der Waals surface area contributed by atoms with Gasteiger partial charge in [0.2, 0.25) is 0 Å². The Kier molecular flexibility index (Phi) is 5.67. The van der Waals surface area contributed by atoms with Crippen LogP contribution in [0.5, 0.6) is 11.5 Å². The molecule has 0 N–H and O–H groups in total. The normalized spacial score (nSPS) is 12.2. The summed E-state index contributed by atoms with van der Waals surface area (Å²) < 4.78 is 10.5. The third kappa shape index (κ3) is 3.41. The molecule has 90 valence electrons. The van der Waals surface area contributed by atoms with Crippen molar-refractivity contribution in [3.05, 3.63) is 23.8 Å². The summed E-state index contributed by atoms with van der Waals surface area (Å²) in [6.07, 6.45) is 3.59. The van der Waals surface area contributed by atoms with Crippen LogP contribution in [0.2, 0.25) is 0 Å². The van der Waals surface area contributed by atoms with E-state index < -0.39 is 0 Å². The van der Waals surface area contributed by atoms with Gasteiger partial charge in [0, 0.05) is 4.83 Å². The second kappa shape index (κ2) is 6.79. The van der Waals surface area contributed by atoms with Crippen LogP contribution in [-0.4, -0.2) is 14.2 Å². The van der Waals surface area contributed by atoms with E-state index in [0.717, 1.165) is 17.9 Å². The first-order valence-corrected chi connectivity index (χ1v) is 6.50. The Balaban J connectivity index is 2.81. The quantitative estimate of drug-likeness (QED) is 0.725. The number of hydrogen-bond acceptors (Lipinski definition) is 2. The molecule has 1 atom stereocenters. The van der Waals surface area contributed by atoms with E-state index in [4.69, 9.17) is 9.47 Å². The Morgan fingerprint density at radius 1 is 1.19 bits per heavy atom. The summed E-state index contributed by atoms with van der Waals surface area (Å²) >= 11 is 3.70. The summed E-state index contributed by atoms with van der Waals surface area (Å²) in [5.41, 5.74) is 1.24. The van der Waals surface area contributed by atoms with Crippen LogP contribution >= 0.6 is 15.9 Å². The van der Waals surface area contributed by atoms with Crippen LogP contribution in [0.4, 0.5) is 0 Å². The van der Waals surface area contributed by atoms with Crippen LogP contribution in [0.15, 0.2) is 18.2 Å². The molecule has 0 spiro atoms. The Hall–Kier alpha value is -0.700. The van der Waals surface area contributed by atoms with Crippen molar-refractivity contribution in [2.45, 2.75) is 31.0 Å². The Bertz CT molecular complexity index is 326. The van der Waals surface area contributed by atoms with Gasteiger partial charge in [-0.05, 0) is 24.1 Å². The highest BCUT2D eigenvalue weighted by atomic mass is 79.9. The molecule has 0 heterocycles. The van der Waals surface area contributed by atoms with E-state index in [9.17, 15) is 0 Å². The highest BCUT2D eigenvalue weighted by Gasteiger charge is 2.10. The summed E-state index contributed by atoms with van der Waals surface area (Å²) in [7, 11) is 3.32. The summed E-state index contributed by atoms with van der Waals surface area (Å²) in [6, 6.07) is 6.07. The molecule has 1 aromatic rings. The molecule has 0 aliphatic rings. The highest BCUT2D eigenvalue weighted by molar-refractivity contribution is 9.09. The molecule has 1 aromatic carbocycles. The molecule has 16 heavy (non-hydrogen) atoms. The SMILES string of the molecule is CCCCC(Br)c1ccc(OC)c(OC)c1. The van der Waals surface area contributed by atoms with Gasteiger partial charge in [0.25, 0.3) is 0 Å². The topological polar surface area (TPSA) is 18.5 Å². The maximum absolute atomic E-state index is 5.29. The molecule has 0 radical (unpaired) electrons. The Morgan fingerprint density at radius 2 is 1.88 bits per heavy atom. The fourth-order valence-electron chi connectivity index (χ4n) is 1.60. The van der Waals surface area contributed by atoms with E-state index in [1.807, 2.05) is 12.1 Å². The molecule has 3 heteroatoms. The lowest BCUT2D eigenvalue weighted by molar-refractivity contribution is 0.354. The van der Waals surface area contributed by atoms with Gasteiger partial charge < -0.3 is 9.47 Å². The number of halogens is 1. The van der Waals surface area contributed by atoms with Crippen LogP contribution < -0.4 is 9.47 Å².